The van der Waals surface area contributed by atoms with Gasteiger partial charge in [0, 0.05) is 5.41 Å². The predicted molar refractivity (Wildman–Crippen MR) is 156 cm³/mol. The summed E-state index contributed by atoms with van der Waals surface area (Å²) >= 11 is 7.42. The maximum absolute atomic E-state index is 7.42. The van der Waals surface area contributed by atoms with Crippen molar-refractivity contribution in [3.63, 3.8) is 0 Å². The Morgan fingerprint density at radius 2 is 1.19 bits per heavy atom. The standard InChI is InChI=1S/C35H35PS/c37-36-30(20-9-3-1-4-10-20)19-35(21-11-5-2-6-12-21,31-26-17-28(33(31)36)24-15-7-13-22(24)26)32-27-18-29(34(32)36)25-16-8-14-23(25)27/h1-14,19,22-29,31-34H,15-18H2/t22-,23+,24+,25-,26+,27-,28-,29+,31+,32-,33-,34+,35?,36?. The van der Waals surface area contributed by atoms with Gasteiger partial charge in [-0.2, -0.15) is 0 Å². The van der Waals surface area contributed by atoms with Crippen molar-refractivity contribution in [2.45, 2.75) is 42.4 Å². The molecule has 37 heavy (non-hydrogen) atoms. The average Bonchev–Trinajstić information content (AvgIpc) is 3.76. The first-order chi connectivity index (χ1) is 18.2. The van der Waals surface area contributed by atoms with E-state index in [1.165, 1.54) is 31.2 Å². The molecule has 0 spiro atoms. The Hall–Kier alpha value is -1.69. The molecule has 14 atom stereocenters. The molecule has 0 N–H and O–H groups in total. The predicted octanol–water partition coefficient (Wildman–Crippen LogP) is 8.13. The Kier molecular flexibility index (Phi) is 3.94. The lowest BCUT2D eigenvalue weighted by Gasteiger charge is -2.68. The number of rotatable bonds is 2. The molecule has 186 valence electrons. The summed E-state index contributed by atoms with van der Waals surface area (Å²) in [6.07, 6.45) is 18.8. The van der Waals surface area contributed by atoms with Crippen LogP contribution >= 0.6 is 6.04 Å². The third-order valence-corrected chi connectivity index (χ3v) is 19.7. The van der Waals surface area contributed by atoms with Gasteiger partial charge < -0.3 is 0 Å². The number of hydrogen-bond donors (Lipinski definition) is 0. The normalized spacial score (nSPS) is 54.3. The molecule has 11 rings (SSSR count). The minimum atomic E-state index is -1.78. The molecule has 1 saturated heterocycles. The van der Waals surface area contributed by atoms with Crippen LogP contribution in [0, 0.1) is 59.2 Å². The average molecular weight is 519 g/mol. The monoisotopic (exact) mass is 518 g/mol. The summed E-state index contributed by atoms with van der Waals surface area (Å²) < 4.78 is 0. The number of fused-ring (bicyclic) bond motifs is 10. The van der Waals surface area contributed by atoms with Crippen LogP contribution in [0.25, 0.3) is 5.31 Å². The summed E-state index contributed by atoms with van der Waals surface area (Å²) in [7, 11) is 0. The van der Waals surface area contributed by atoms with Crippen LogP contribution in [0.3, 0.4) is 0 Å². The summed E-state index contributed by atoms with van der Waals surface area (Å²) in [5, 5.41) is 1.67. The van der Waals surface area contributed by atoms with Gasteiger partial charge in [-0.25, -0.2) is 0 Å². The Labute approximate surface area is 226 Å². The fourth-order valence-electron chi connectivity index (χ4n) is 12.8. The molecule has 0 amide bonds. The SMILES string of the molecule is S=P12C(c3ccccc3)=CC(c3ccccc3)([C@@H]3[C@@H]4C[C@@H]([C@@H]5CC=C[C@@H]54)[C@@H]31)[C@H]1[C@H]3C[C@H]([C@H]4CC=C[C@H]43)[C@H]12. The minimum Gasteiger partial charge on any atom is -0.0919 e. The van der Waals surface area contributed by atoms with E-state index in [9.17, 15) is 0 Å². The maximum atomic E-state index is 7.42. The molecule has 0 aromatic heterocycles. The summed E-state index contributed by atoms with van der Waals surface area (Å²) in [4.78, 5) is 0. The van der Waals surface area contributed by atoms with Crippen molar-refractivity contribution in [2.75, 3.05) is 0 Å². The molecule has 6 aliphatic carbocycles. The zero-order valence-corrected chi connectivity index (χ0v) is 23.0. The molecule has 2 aromatic rings. The highest BCUT2D eigenvalue weighted by Gasteiger charge is 2.79. The quantitative estimate of drug-likeness (QED) is 0.286. The van der Waals surface area contributed by atoms with Crippen molar-refractivity contribution >= 4 is 23.2 Å². The third kappa shape index (κ3) is 2.21. The van der Waals surface area contributed by atoms with Gasteiger partial charge in [-0.05, 0) is 119 Å². The highest BCUT2D eigenvalue weighted by molar-refractivity contribution is 8.20. The second kappa shape index (κ2) is 6.89. The number of allylic oxidation sites excluding steroid dienone is 5. The molecule has 0 radical (unpaired) electrons. The molecule has 4 saturated carbocycles. The van der Waals surface area contributed by atoms with Gasteiger partial charge in [0.15, 0.2) is 0 Å². The van der Waals surface area contributed by atoms with E-state index in [1.54, 1.807) is 10.9 Å². The molecule has 5 fully saturated rings. The summed E-state index contributed by atoms with van der Waals surface area (Å²) in [5.41, 5.74) is 4.79. The first-order valence-corrected chi connectivity index (χ1v) is 17.9. The zero-order valence-electron chi connectivity index (χ0n) is 21.3. The largest absolute Gasteiger partial charge is 0.0919 e. The Morgan fingerprint density at radius 1 is 0.649 bits per heavy atom. The van der Waals surface area contributed by atoms with Crippen molar-refractivity contribution in [1.82, 2.24) is 0 Å². The van der Waals surface area contributed by atoms with Crippen molar-refractivity contribution < 1.29 is 0 Å². The first-order valence-electron chi connectivity index (χ1n) is 15.0. The number of benzene rings is 2. The van der Waals surface area contributed by atoms with Gasteiger partial charge in [-0.3, -0.25) is 0 Å². The zero-order chi connectivity index (χ0) is 24.1. The van der Waals surface area contributed by atoms with Gasteiger partial charge in [-0.1, -0.05) is 103 Å². The van der Waals surface area contributed by atoms with Crippen LogP contribution in [0.2, 0.25) is 0 Å². The van der Waals surface area contributed by atoms with Gasteiger partial charge in [-0.15, -0.1) is 0 Å². The van der Waals surface area contributed by atoms with E-state index in [4.69, 9.17) is 11.8 Å². The molecule has 3 aliphatic heterocycles. The fraction of sp³-hybridized carbons (Fsp3) is 0.486. The molecule has 0 nitrogen and oxygen atoms in total. The van der Waals surface area contributed by atoms with E-state index in [2.05, 4.69) is 91.0 Å². The second-order valence-corrected chi connectivity index (χ2v) is 18.8. The molecule has 9 aliphatic rings. The highest BCUT2D eigenvalue weighted by Crippen LogP contribution is 2.91. The lowest BCUT2D eigenvalue weighted by Crippen LogP contribution is -2.63. The van der Waals surface area contributed by atoms with Crippen molar-refractivity contribution in [3.8, 4) is 0 Å². The Balaban J connectivity index is 1.31. The lowest BCUT2D eigenvalue weighted by atomic mass is 9.51. The van der Waals surface area contributed by atoms with Crippen LogP contribution in [-0.2, 0) is 17.2 Å². The summed E-state index contributed by atoms with van der Waals surface area (Å²) in [5.74, 6) is 8.30. The molecular formula is C35H35PS. The highest BCUT2D eigenvalue weighted by atomic mass is 32.4. The molecular weight excluding hydrogens is 483 g/mol. The van der Waals surface area contributed by atoms with E-state index >= 15 is 0 Å². The van der Waals surface area contributed by atoms with Crippen LogP contribution in [0.1, 0.15) is 36.8 Å². The van der Waals surface area contributed by atoms with Crippen LogP contribution in [0.15, 0.2) is 91.0 Å². The van der Waals surface area contributed by atoms with Crippen LogP contribution in [0.5, 0.6) is 0 Å². The van der Waals surface area contributed by atoms with Crippen LogP contribution < -0.4 is 0 Å². The van der Waals surface area contributed by atoms with Gasteiger partial charge >= 0.3 is 0 Å². The smallest absolute Gasteiger partial charge is 0.0217 e. The third-order valence-electron chi connectivity index (χ3n) is 13.3. The minimum absolute atomic E-state index is 0.157. The van der Waals surface area contributed by atoms with Crippen molar-refractivity contribution in [1.29, 1.82) is 0 Å². The van der Waals surface area contributed by atoms with Gasteiger partial charge in [0.05, 0.1) is 0 Å². The van der Waals surface area contributed by atoms with E-state index in [0.717, 1.165) is 70.5 Å². The second-order valence-electron chi connectivity index (χ2n) is 13.9. The molecule has 2 heteroatoms. The first kappa shape index (κ1) is 21.2. The summed E-state index contributed by atoms with van der Waals surface area (Å²) in [6, 6.07) is 21.7. The fourth-order valence-corrected chi connectivity index (χ4v) is 20.7. The Bertz CT molecular complexity index is 1390. The van der Waals surface area contributed by atoms with Crippen LogP contribution in [0.4, 0.5) is 0 Å². The lowest BCUT2D eigenvalue weighted by molar-refractivity contribution is 0.0537. The van der Waals surface area contributed by atoms with E-state index in [0.29, 0.717) is 0 Å². The molecule has 3 heterocycles. The number of hydrogen-bond acceptors (Lipinski definition) is 1. The van der Waals surface area contributed by atoms with Gasteiger partial charge in [0.2, 0.25) is 0 Å². The maximum Gasteiger partial charge on any atom is 0.0217 e. The van der Waals surface area contributed by atoms with E-state index in [1.807, 2.05) is 0 Å². The van der Waals surface area contributed by atoms with Crippen LogP contribution in [-0.4, -0.2) is 11.3 Å². The van der Waals surface area contributed by atoms with Gasteiger partial charge in [0.25, 0.3) is 0 Å². The molecule has 6 bridgehead atoms. The van der Waals surface area contributed by atoms with Crippen molar-refractivity contribution in [2.24, 2.45) is 59.2 Å². The van der Waals surface area contributed by atoms with E-state index < -0.39 is 6.04 Å². The Morgan fingerprint density at radius 3 is 1.76 bits per heavy atom. The van der Waals surface area contributed by atoms with Gasteiger partial charge in [0.1, 0.15) is 0 Å². The topological polar surface area (TPSA) is 0 Å². The van der Waals surface area contributed by atoms with Crippen molar-refractivity contribution in [3.05, 3.63) is 102 Å². The molecule has 2 unspecified atom stereocenters. The molecule has 2 aromatic carbocycles. The summed E-state index contributed by atoms with van der Waals surface area (Å²) in [6.45, 7) is 0. The van der Waals surface area contributed by atoms with E-state index in [-0.39, 0.29) is 5.41 Å².